The molecule has 0 saturated carbocycles. The summed E-state index contributed by atoms with van der Waals surface area (Å²) in [5, 5.41) is 20.0. The minimum Gasteiger partial charge on any atom is -0.487 e. The summed E-state index contributed by atoms with van der Waals surface area (Å²) in [6.45, 7) is 5.99. The smallest absolute Gasteiger partial charge is 0.312 e. The summed E-state index contributed by atoms with van der Waals surface area (Å²) in [4.78, 5) is 10.6. The molecule has 114 valence electrons. The van der Waals surface area contributed by atoms with Crippen LogP contribution in [0.4, 0.5) is 5.69 Å². The van der Waals surface area contributed by atoms with E-state index < -0.39 is 4.92 Å². The fourth-order valence-electron chi connectivity index (χ4n) is 1.93. The molecule has 1 aromatic carbocycles. The summed E-state index contributed by atoms with van der Waals surface area (Å²) in [6.07, 6.45) is 2.40. The average Bonchev–Trinajstić information content (AvgIpc) is 2.39. The molecule has 0 amide bonds. The Morgan fingerprint density at radius 3 is 2.67 bits per heavy atom. The van der Waals surface area contributed by atoms with Gasteiger partial charge in [0.2, 0.25) is 0 Å². The van der Waals surface area contributed by atoms with Crippen LogP contribution in [0, 0.1) is 33.8 Å². The third-order valence-corrected chi connectivity index (χ3v) is 3.62. The van der Waals surface area contributed by atoms with Gasteiger partial charge in [-0.05, 0) is 51.7 Å². The van der Waals surface area contributed by atoms with Crippen molar-refractivity contribution in [2.45, 2.75) is 40.0 Å². The van der Waals surface area contributed by atoms with Crippen LogP contribution in [0.3, 0.4) is 0 Å². The number of aryl methyl sites for hydroxylation is 1. The summed E-state index contributed by atoms with van der Waals surface area (Å²) >= 11 is 3.25. The molecule has 0 radical (unpaired) electrons. The van der Waals surface area contributed by atoms with Crippen LogP contribution in [0.1, 0.15) is 38.7 Å². The van der Waals surface area contributed by atoms with Gasteiger partial charge in [-0.25, -0.2) is 0 Å². The van der Waals surface area contributed by atoms with Gasteiger partial charge < -0.3 is 4.74 Å². The highest BCUT2D eigenvalue weighted by atomic mass is 79.9. The molecule has 0 heterocycles. The molecule has 5 nitrogen and oxygen atoms in total. The fourth-order valence-corrected chi connectivity index (χ4v) is 2.49. The van der Waals surface area contributed by atoms with E-state index in [1.165, 1.54) is 6.07 Å². The third-order valence-electron chi connectivity index (χ3n) is 3.16. The van der Waals surface area contributed by atoms with Gasteiger partial charge in [0.1, 0.15) is 0 Å². The highest BCUT2D eigenvalue weighted by Gasteiger charge is 2.19. The molecule has 0 atom stereocenters. The summed E-state index contributed by atoms with van der Waals surface area (Å²) in [5.41, 5.74) is 0.368. The number of nitrogens with zero attached hydrogens (tertiary/aromatic N) is 2. The van der Waals surface area contributed by atoms with Gasteiger partial charge in [-0.3, -0.25) is 10.1 Å². The van der Waals surface area contributed by atoms with Crippen molar-refractivity contribution in [2.75, 3.05) is 6.61 Å². The predicted octanol–water partition coefficient (Wildman–Crippen LogP) is 4.76. The second-order valence-electron chi connectivity index (χ2n) is 5.63. The summed E-state index contributed by atoms with van der Waals surface area (Å²) in [7, 11) is 0. The highest BCUT2D eigenvalue weighted by Crippen LogP contribution is 2.34. The van der Waals surface area contributed by atoms with E-state index in [-0.39, 0.29) is 11.1 Å². The SMILES string of the molecule is Cc1cc(Br)cc([N+](=O)[O-])c1OCCCCC(C)(C)C#N. The first-order chi connectivity index (χ1) is 9.76. The monoisotopic (exact) mass is 354 g/mol. The number of hydrogen-bond acceptors (Lipinski definition) is 4. The number of hydrogen-bond donors (Lipinski definition) is 0. The van der Waals surface area contributed by atoms with E-state index in [0.717, 1.165) is 24.8 Å². The molecule has 0 N–H and O–H groups in total. The van der Waals surface area contributed by atoms with Crippen molar-refractivity contribution in [3.05, 3.63) is 32.3 Å². The predicted molar refractivity (Wildman–Crippen MR) is 84.3 cm³/mol. The van der Waals surface area contributed by atoms with E-state index in [0.29, 0.717) is 16.8 Å². The first-order valence-corrected chi connectivity index (χ1v) is 7.55. The maximum absolute atomic E-state index is 11.1. The first-order valence-electron chi connectivity index (χ1n) is 6.75. The maximum Gasteiger partial charge on any atom is 0.312 e. The van der Waals surface area contributed by atoms with Gasteiger partial charge in [0.05, 0.1) is 23.0 Å². The normalized spacial score (nSPS) is 11.0. The number of unbranched alkanes of at least 4 members (excludes halogenated alkanes) is 1. The van der Waals surface area contributed by atoms with Gasteiger partial charge in [0.15, 0.2) is 5.75 Å². The minimum absolute atomic E-state index is 0.0285. The lowest BCUT2D eigenvalue weighted by Gasteiger charge is -2.15. The molecule has 0 aliphatic heterocycles. The summed E-state index contributed by atoms with van der Waals surface area (Å²) in [5.74, 6) is 0.322. The van der Waals surface area contributed by atoms with Crippen LogP contribution in [0.2, 0.25) is 0 Å². The Kier molecular flexibility index (Phi) is 6.16. The Bertz CT molecular complexity index is 565. The lowest BCUT2D eigenvalue weighted by molar-refractivity contribution is -0.386. The lowest BCUT2D eigenvalue weighted by atomic mass is 9.89. The molecule has 6 heteroatoms. The standard InChI is InChI=1S/C15H19BrN2O3/c1-11-8-12(16)9-13(18(19)20)14(11)21-7-5-4-6-15(2,3)10-17/h8-9H,4-7H2,1-3H3. The van der Waals surface area contributed by atoms with Gasteiger partial charge in [-0.1, -0.05) is 15.9 Å². The van der Waals surface area contributed by atoms with Crippen LogP contribution in [-0.2, 0) is 0 Å². The van der Waals surface area contributed by atoms with Crippen LogP contribution in [-0.4, -0.2) is 11.5 Å². The minimum atomic E-state index is -0.439. The Hall–Kier alpha value is -1.61. The van der Waals surface area contributed by atoms with Gasteiger partial charge >= 0.3 is 5.69 Å². The molecule has 1 aromatic rings. The van der Waals surface area contributed by atoms with Crippen molar-refractivity contribution in [2.24, 2.45) is 5.41 Å². The number of benzene rings is 1. The number of nitro groups is 1. The van der Waals surface area contributed by atoms with Gasteiger partial charge in [0, 0.05) is 10.5 Å². The van der Waals surface area contributed by atoms with Gasteiger partial charge in [-0.15, -0.1) is 0 Å². The van der Waals surface area contributed by atoms with Crippen molar-refractivity contribution < 1.29 is 9.66 Å². The van der Waals surface area contributed by atoms with E-state index in [1.54, 1.807) is 13.0 Å². The zero-order valence-corrected chi connectivity index (χ0v) is 14.1. The van der Waals surface area contributed by atoms with Crippen molar-refractivity contribution >= 4 is 21.6 Å². The van der Waals surface area contributed by atoms with Crippen molar-refractivity contribution in [3.8, 4) is 11.8 Å². The molecular weight excluding hydrogens is 336 g/mol. The zero-order chi connectivity index (χ0) is 16.0. The van der Waals surface area contributed by atoms with Crippen LogP contribution in [0.15, 0.2) is 16.6 Å². The second kappa shape index (κ2) is 7.41. The van der Waals surface area contributed by atoms with Crippen molar-refractivity contribution in [1.29, 1.82) is 5.26 Å². The van der Waals surface area contributed by atoms with Crippen molar-refractivity contribution in [1.82, 2.24) is 0 Å². The average molecular weight is 355 g/mol. The number of rotatable bonds is 7. The topological polar surface area (TPSA) is 76.2 Å². The molecule has 0 aliphatic carbocycles. The molecule has 0 unspecified atom stereocenters. The van der Waals surface area contributed by atoms with E-state index in [1.807, 2.05) is 13.8 Å². The molecular formula is C15H19BrN2O3. The molecule has 1 rings (SSSR count). The Morgan fingerprint density at radius 1 is 1.43 bits per heavy atom. The maximum atomic E-state index is 11.1. The van der Waals surface area contributed by atoms with Gasteiger partial charge in [0.25, 0.3) is 0 Å². The lowest BCUT2D eigenvalue weighted by Crippen LogP contribution is -2.09. The number of halogens is 1. The third kappa shape index (κ3) is 5.35. The number of nitro benzene ring substituents is 1. The van der Waals surface area contributed by atoms with E-state index in [2.05, 4.69) is 22.0 Å². The molecule has 0 spiro atoms. The number of ether oxygens (including phenoxy) is 1. The van der Waals surface area contributed by atoms with E-state index >= 15 is 0 Å². The second-order valence-corrected chi connectivity index (χ2v) is 6.54. The Balaban J connectivity index is 2.61. The first kappa shape index (κ1) is 17.4. The highest BCUT2D eigenvalue weighted by molar-refractivity contribution is 9.10. The van der Waals surface area contributed by atoms with Gasteiger partial charge in [-0.2, -0.15) is 5.26 Å². The van der Waals surface area contributed by atoms with Crippen LogP contribution < -0.4 is 4.74 Å². The summed E-state index contributed by atoms with van der Waals surface area (Å²) < 4.78 is 6.25. The zero-order valence-electron chi connectivity index (χ0n) is 12.5. The van der Waals surface area contributed by atoms with E-state index in [4.69, 9.17) is 10.00 Å². The molecule has 0 fully saturated rings. The number of nitriles is 1. The largest absolute Gasteiger partial charge is 0.487 e. The van der Waals surface area contributed by atoms with Crippen LogP contribution in [0.25, 0.3) is 0 Å². The molecule has 0 aromatic heterocycles. The fraction of sp³-hybridized carbons (Fsp3) is 0.533. The molecule has 0 aliphatic rings. The molecule has 0 saturated heterocycles. The van der Waals surface area contributed by atoms with Crippen molar-refractivity contribution in [3.63, 3.8) is 0 Å². The van der Waals surface area contributed by atoms with Crippen LogP contribution >= 0.6 is 15.9 Å². The Morgan fingerprint density at radius 2 is 2.10 bits per heavy atom. The van der Waals surface area contributed by atoms with Crippen LogP contribution in [0.5, 0.6) is 5.75 Å². The quantitative estimate of drug-likeness (QED) is 0.401. The van der Waals surface area contributed by atoms with E-state index in [9.17, 15) is 10.1 Å². The Labute approximate surface area is 133 Å². The molecule has 0 bridgehead atoms. The molecule has 21 heavy (non-hydrogen) atoms. The summed E-state index contributed by atoms with van der Waals surface area (Å²) in [6, 6.07) is 5.49.